The lowest BCUT2D eigenvalue weighted by Crippen LogP contribution is -2.06. The molecule has 2 aromatic carbocycles. The molecule has 0 fully saturated rings. The lowest BCUT2D eigenvalue weighted by atomic mass is 9.99. The van der Waals surface area contributed by atoms with Gasteiger partial charge in [0.15, 0.2) is 0 Å². The fourth-order valence-electron chi connectivity index (χ4n) is 2.59. The van der Waals surface area contributed by atoms with Crippen LogP contribution in [0.15, 0.2) is 47.3 Å². The standard InChI is InChI=1S/C16H15NO/c1-2-5-12-10-15(18)17-14-9-8-11-6-3-4-7-13(11)16(12)14/h3-4,6-10H,2,5H2,1H3,(H,17,18). The van der Waals surface area contributed by atoms with Crippen molar-refractivity contribution in [3.63, 3.8) is 0 Å². The summed E-state index contributed by atoms with van der Waals surface area (Å²) in [4.78, 5) is 14.6. The van der Waals surface area contributed by atoms with E-state index in [0.717, 1.165) is 23.9 Å². The molecule has 90 valence electrons. The third-order valence-electron chi connectivity index (χ3n) is 3.33. The second kappa shape index (κ2) is 4.30. The molecule has 0 saturated heterocycles. The van der Waals surface area contributed by atoms with Crippen molar-refractivity contribution in [2.45, 2.75) is 19.8 Å². The first-order valence-electron chi connectivity index (χ1n) is 6.33. The monoisotopic (exact) mass is 237 g/mol. The van der Waals surface area contributed by atoms with Crippen molar-refractivity contribution in [2.24, 2.45) is 0 Å². The number of H-pyrrole nitrogens is 1. The van der Waals surface area contributed by atoms with Crippen LogP contribution in [0.2, 0.25) is 0 Å². The molecular formula is C16H15NO. The zero-order valence-electron chi connectivity index (χ0n) is 10.4. The van der Waals surface area contributed by atoms with Crippen LogP contribution >= 0.6 is 0 Å². The van der Waals surface area contributed by atoms with E-state index in [1.54, 1.807) is 6.07 Å². The van der Waals surface area contributed by atoms with Crippen LogP contribution in [0.25, 0.3) is 21.7 Å². The zero-order chi connectivity index (χ0) is 12.5. The second-order valence-corrected chi connectivity index (χ2v) is 4.62. The predicted molar refractivity (Wildman–Crippen MR) is 76.1 cm³/mol. The number of benzene rings is 2. The Hall–Kier alpha value is -2.09. The molecule has 1 heterocycles. The summed E-state index contributed by atoms with van der Waals surface area (Å²) in [5, 5.41) is 3.62. The molecule has 3 rings (SSSR count). The van der Waals surface area contributed by atoms with Gasteiger partial charge in [-0.2, -0.15) is 0 Å². The van der Waals surface area contributed by atoms with Gasteiger partial charge in [-0.25, -0.2) is 0 Å². The van der Waals surface area contributed by atoms with Gasteiger partial charge in [0.2, 0.25) is 5.56 Å². The number of fused-ring (bicyclic) bond motifs is 3. The van der Waals surface area contributed by atoms with Crippen LogP contribution < -0.4 is 5.56 Å². The lowest BCUT2D eigenvalue weighted by Gasteiger charge is -2.08. The summed E-state index contributed by atoms with van der Waals surface area (Å²) in [6, 6.07) is 14.1. The van der Waals surface area contributed by atoms with E-state index in [1.807, 2.05) is 18.2 Å². The van der Waals surface area contributed by atoms with Gasteiger partial charge in [-0.3, -0.25) is 4.79 Å². The van der Waals surface area contributed by atoms with Gasteiger partial charge in [0.05, 0.1) is 0 Å². The number of aromatic nitrogens is 1. The Bertz CT molecular complexity index is 771. The van der Waals surface area contributed by atoms with E-state index >= 15 is 0 Å². The largest absolute Gasteiger partial charge is 0.322 e. The quantitative estimate of drug-likeness (QED) is 0.678. The molecule has 1 aromatic heterocycles. The summed E-state index contributed by atoms with van der Waals surface area (Å²) < 4.78 is 0. The van der Waals surface area contributed by atoms with E-state index < -0.39 is 0 Å². The van der Waals surface area contributed by atoms with E-state index in [2.05, 4.69) is 30.1 Å². The molecular weight excluding hydrogens is 222 g/mol. The Morgan fingerprint density at radius 2 is 1.94 bits per heavy atom. The molecule has 3 aromatic rings. The van der Waals surface area contributed by atoms with Gasteiger partial charge in [-0.1, -0.05) is 43.7 Å². The highest BCUT2D eigenvalue weighted by molar-refractivity contribution is 6.07. The first kappa shape index (κ1) is 11.0. The molecule has 2 nitrogen and oxygen atoms in total. The molecule has 0 aliphatic rings. The Labute approximate surface area is 105 Å². The number of rotatable bonds is 2. The Kier molecular flexibility index (Phi) is 2.63. The maximum Gasteiger partial charge on any atom is 0.248 e. The zero-order valence-corrected chi connectivity index (χ0v) is 10.4. The summed E-state index contributed by atoms with van der Waals surface area (Å²) in [7, 11) is 0. The van der Waals surface area contributed by atoms with Crippen molar-refractivity contribution in [1.82, 2.24) is 4.98 Å². The Morgan fingerprint density at radius 3 is 2.78 bits per heavy atom. The van der Waals surface area contributed by atoms with Crippen LogP contribution in [0.3, 0.4) is 0 Å². The van der Waals surface area contributed by atoms with Crippen molar-refractivity contribution in [3.8, 4) is 0 Å². The molecule has 0 saturated carbocycles. The highest BCUT2D eigenvalue weighted by Crippen LogP contribution is 2.26. The molecule has 0 amide bonds. The molecule has 2 heteroatoms. The van der Waals surface area contributed by atoms with E-state index in [9.17, 15) is 4.79 Å². The first-order chi connectivity index (χ1) is 8.79. The normalized spacial score (nSPS) is 11.2. The van der Waals surface area contributed by atoms with E-state index in [4.69, 9.17) is 0 Å². The van der Waals surface area contributed by atoms with Crippen LogP contribution in [-0.4, -0.2) is 4.98 Å². The van der Waals surface area contributed by atoms with Gasteiger partial charge in [-0.05, 0) is 28.8 Å². The van der Waals surface area contributed by atoms with Crippen LogP contribution in [0.5, 0.6) is 0 Å². The average Bonchev–Trinajstić information content (AvgIpc) is 2.38. The third-order valence-corrected chi connectivity index (χ3v) is 3.33. The highest BCUT2D eigenvalue weighted by Gasteiger charge is 2.06. The predicted octanol–water partition coefficient (Wildman–Crippen LogP) is 3.63. The smallest absolute Gasteiger partial charge is 0.248 e. The topological polar surface area (TPSA) is 32.9 Å². The molecule has 0 unspecified atom stereocenters. The number of hydrogen-bond donors (Lipinski definition) is 1. The van der Waals surface area contributed by atoms with Crippen molar-refractivity contribution >= 4 is 21.7 Å². The van der Waals surface area contributed by atoms with Crippen LogP contribution in [-0.2, 0) is 6.42 Å². The van der Waals surface area contributed by atoms with Gasteiger partial charge in [0, 0.05) is 17.0 Å². The van der Waals surface area contributed by atoms with E-state index in [1.165, 1.54) is 16.2 Å². The third kappa shape index (κ3) is 1.70. The summed E-state index contributed by atoms with van der Waals surface area (Å²) >= 11 is 0. The summed E-state index contributed by atoms with van der Waals surface area (Å²) in [5.74, 6) is 0. The minimum absolute atomic E-state index is 0.0127. The first-order valence-corrected chi connectivity index (χ1v) is 6.33. The van der Waals surface area contributed by atoms with Crippen LogP contribution in [0, 0.1) is 0 Å². The number of nitrogens with one attached hydrogen (secondary N) is 1. The number of aromatic amines is 1. The summed E-state index contributed by atoms with van der Waals surface area (Å²) in [5.41, 5.74) is 2.07. The summed E-state index contributed by atoms with van der Waals surface area (Å²) in [6.07, 6.45) is 1.98. The Morgan fingerprint density at radius 1 is 1.11 bits per heavy atom. The summed E-state index contributed by atoms with van der Waals surface area (Å²) in [6.45, 7) is 2.14. The van der Waals surface area contributed by atoms with Crippen molar-refractivity contribution in [2.75, 3.05) is 0 Å². The Balaban J connectivity index is 2.50. The minimum Gasteiger partial charge on any atom is -0.322 e. The van der Waals surface area contributed by atoms with Crippen molar-refractivity contribution in [1.29, 1.82) is 0 Å². The van der Waals surface area contributed by atoms with Crippen LogP contribution in [0.1, 0.15) is 18.9 Å². The molecule has 0 aliphatic heterocycles. The SMILES string of the molecule is CCCc1cc(=O)[nH]c2ccc3ccccc3c12. The number of aryl methyl sites for hydroxylation is 1. The van der Waals surface area contributed by atoms with Crippen molar-refractivity contribution in [3.05, 3.63) is 58.4 Å². The van der Waals surface area contributed by atoms with Crippen LogP contribution in [0.4, 0.5) is 0 Å². The van der Waals surface area contributed by atoms with E-state index in [-0.39, 0.29) is 5.56 Å². The number of hydrogen-bond acceptors (Lipinski definition) is 1. The molecule has 0 aliphatic carbocycles. The highest BCUT2D eigenvalue weighted by atomic mass is 16.1. The maximum atomic E-state index is 11.7. The maximum absolute atomic E-state index is 11.7. The lowest BCUT2D eigenvalue weighted by molar-refractivity contribution is 0.926. The fraction of sp³-hybridized carbons (Fsp3) is 0.188. The molecule has 0 bridgehead atoms. The van der Waals surface area contributed by atoms with Crippen molar-refractivity contribution < 1.29 is 0 Å². The average molecular weight is 237 g/mol. The minimum atomic E-state index is -0.0127. The van der Waals surface area contributed by atoms with Gasteiger partial charge in [-0.15, -0.1) is 0 Å². The molecule has 0 spiro atoms. The molecule has 18 heavy (non-hydrogen) atoms. The molecule has 0 atom stereocenters. The number of pyridine rings is 1. The van der Waals surface area contributed by atoms with Gasteiger partial charge in [0.1, 0.15) is 0 Å². The van der Waals surface area contributed by atoms with Gasteiger partial charge >= 0.3 is 0 Å². The van der Waals surface area contributed by atoms with E-state index in [0.29, 0.717) is 0 Å². The second-order valence-electron chi connectivity index (χ2n) is 4.62. The fourth-order valence-corrected chi connectivity index (χ4v) is 2.59. The molecule has 0 radical (unpaired) electrons. The van der Waals surface area contributed by atoms with Gasteiger partial charge in [0.25, 0.3) is 0 Å². The van der Waals surface area contributed by atoms with Gasteiger partial charge < -0.3 is 4.98 Å². The molecule has 1 N–H and O–H groups in total.